The number of hydrogen-bond acceptors (Lipinski definition) is 2. The topological polar surface area (TPSA) is 12.5 Å². The molecule has 0 atom stereocenters. The van der Waals surface area contributed by atoms with E-state index in [1.165, 1.54) is 27.6 Å². The van der Waals surface area contributed by atoms with Crippen LogP contribution in [0.25, 0.3) is 21.9 Å². The van der Waals surface area contributed by atoms with Gasteiger partial charge in [-0.3, -0.25) is 0 Å². The predicted octanol–water partition coefficient (Wildman–Crippen LogP) is 4.58. The van der Waals surface area contributed by atoms with Crippen LogP contribution in [-0.2, 0) is 0 Å². The van der Waals surface area contributed by atoms with Crippen molar-refractivity contribution in [2.24, 2.45) is 0 Å². The highest BCUT2D eigenvalue weighted by molar-refractivity contribution is 6.00. The second kappa shape index (κ2) is 5.49. The summed E-state index contributed by atoms with van der Waals surface area (Å²) in [6.07, 6.45) is 0. The smallest absolute Gasteiger partial charge is 0.120 e. The number of rotatable bonds is 3. The predicted molar refractivity (Wildman–Crippen MR) is 90.3 cm³/mol. The summed E-state index contributed by atoms with van der Waals surface area (Å²) in [7, 11) is 5.86. The third kappa shape index (κ3) is 2.45. The Kier molecular flexibility index (Phi) is 3.53. The number of ether oxygens (including phenoxy) is 1. The molecule has 21 heavy (non-hydrogen) atoms. The highest BCUT2D eigenvalue weighted by Crippen LogP contribution is 2.37. The van der Waals surface area contributed by atoms with Crippen LogP contribution in [0, 0.1) is 0 Å². The highest BCUT2D eigenvalue weighted by Gasteiger charge is 2.11. The molecule has 0 spiro atoms. The zero-order valence-electron chi connectivity index (χ0n) is 12.6. The molecule has 0 unspecified atom stereocenters. The van der Waals surface area contributed by atoms with E-state index in [1.54, 1.807) is 7.11 Å². The van der Waals surface area contributed by atoms with Gasteiger partial charge < -0.3 is 9.64 Å². The minimum Gasteiger partial charge on any atom is -0.497 e. The van der Waals surface area contributed by atoms with Crippen LogP contribution in [0.3, 0.4) is 0 Å². The lowest BCUT2D eigenvalue weighted by molar-refractivity contribution is 0.415. The van der Waals surface area contributed by atoms with Gasteiger partial charge in [-0.25, -0.2) is 0 Å². The second-order valence-electron chi connectivity index (χ2n) is 5.31. The van der Waals surface area contributed by atoms with Gasteiger partial charge >= 0.3 is 0 Å². The van der Waals surface area contributed by atoms with Crippen LogP contribution in [0.1, 0.15) is 0 Å². The van der Waals surface area contributed by atoms with E-state index in [-0.39, 0.29) is 0 Å². The molecule has 0 fully saturated rings. The fourth-order valence-electron chi connectivity index (χ4n) is 2.72. The van der Waals surface area contributed by atoms with Crippen LogP contribution < -0.4 is 9.64 Å². The van der Waals surface area contributed by atoms with E-state index in [1.807, 2.05) is 0 Å². The van der Waals surface area contributed by atoms with Gasteiger partial charge in [-0.15, -0.1) is 0 Å². The Hall–Kier alpha value is -2.48. The molecule has 0 aliphatic rings. The first-order chi connectivity index (χ1) is 10.2. The SMILES string of the molecule is COc1cc(-c2ccccc2N(C)C)c2ccccc2c1. The average molecular weight is 277 g/mol. The summed E-state index contributed by atoms with van der Waals surface area (Å²) in [4.78, 5) is 2.14. The monoisotopic (exact) mass is 277 g/mol. The van der Waals surface area contributed by atoms with Crippen molar-refractivity contribution in [2.45, 2.75) is 0 Å². The normalized spacial score (nSPS) is 10.6. The molecule has 0 heterocycles. The van der Waals surface area contributed by atoms with Crippen molar-refractivity contribution in [1.29, 1.82) is 0 Å². The van der Waals surface area contributed by atoms with Gasteiger partial charge in [0.05, 0.1) is 7.11 Å². The Morgan fingerprint density at radius 2 is 1.52 bits per heavy atom. The van der Waals surface area contributed by atoms with Crippen molar-refractivity contribution in [3.05, 3.63) is 60.7 Å². The van der Waals surface area contributed by atoms with E-state index in [4.69, 9.17) is 4.74 Å². The largest absolute Gasteiger partial charge is 0.497 e. The summed E-state index contributed by atoms with van der Waals surface area (Å²) in [5, 5.41) is 2.44. The highest BCUT2D eigenvalue weighted by atomic mass is 16.5. The maximum Gasteiger partial charge on any atom is 0.120 e. The third-order valence-electron chi connectivity index (χ3n) is 3.75. The molecular formula is C19H19NO. The maximum absolute atomic E-state index is 5.47. The quantitative estimate of drug-likeness (QED) is 0.694. The van der Waals surface area contributed by atoms with Crippen LogP contribution in [0.5, 0.6) is 5.75 Å². The molecule has 0 aliphatic carbocycles. The molecule has 0 saturated heterocycles. The van der Waals surface area contributed by atoms with Gasteiger partial charge in [-0.1, -0.05) is 42.5 Å². The number of fused-ring (bicyclic) bond motifs is 1. The van der Waals surface area contributed by atoms with Crippen LogP contribution in [0.2, 0.25) is 0 Å². The molecular weight excluding hydrogens is 258 g/mol. The molecule has 0 amide bonds. The van der Waals surface area contributed by atoms with E-state index < -0.39 is 0 Å². The van der Waals surface area contributed by atoms with Crippen molar-refractivity contribution in [1.82, 2.24) is 0 Å². The lowest BCUT2D eigenvalue weighted by Crippen LogP contribution is -2.09. The van der Waals surface area contributed by atoms with Gasteiger partial charge in [0.1, 0.15) is 5.75 Å². The molecule has 2 nitrogen and oxygen atoms in total. The number of methoxy groups -OCH3 is 1. The average Bonchev–Trinajstić information content (AvgIpc) is 2.53. The Morgan fingerprint density at radius 3 is 2.29 bits per heavy atom. The van der Waals surface area contributed by atoms with Crippen LogP contribution in [-0.4, -0.2) is 21.2 Å². The fraction of sp³-hybridized carbons (Fsp3) is 0.158. The zero-order chi connectivity index (χ0) is 14.8. The molecule has 0 N–H and O–H groups in total. The molecule has 2 heteroatoms. The molecule has 0 bridgehead atoms. The second-order valence-corrected chi connectivity index (χ2v) is 5.31. The lowest BCUT2D eigenvalue weighted by atomic mass is 9.96. The summed E-state index contributed by atoms with van der Waals surface area (Å²) in [6.45, 7) is 0. The summed E-state index contributed by atoms with van der Waals surface area (Å²) >= 11 is 0. The number of nitrogens with zero attached hydrogens (tertiary/aromatic N) is 1. The molecule has 3 rings (SSSR count). The summed E-state index contributed by atoms with van der Waals surface area (Å²) in [6, 6.07) is 21.1. The van der Waals surface area contributed by atoms with Gasteiger partial charge in [0.2, 0.25) is 0 Å². The zero-order valence-corrected chi connectivity index (χ0v) is 12.6. The van der Waals surface area contributed by atoms with E-state index >= 15 is 0 Å². The van der Waals surface area contributed by atoms with Crippen molar-refractivity contribution < 1.29 is 4.74 Å². The molecule has 0 aromatic heterocycles. The van der Waals surface area contributed by atoms with Gasteiger partial charge in [0.15, 0.2) is 0 Å². The molecule has 0 radical (unpaired) electrons. The Labute approximate surface area is 125 Å². The Bertz CT molecular complexity index is 777. The van der Waals surface area contributed by atoms with Crippen molar-refractivity contribution in [3.8, 4) is 16.9 Å². The molecule has 0 aliphatic heterocycles. The summed E-state index contributed by atoms with van der Waals surface area (Å²) in [5.74, 6) is 0.886. The van der Waals surface area contributed by atoms with Gasteiger partial charge in [-0.2, -0.15) is 0 Å². The molecule has 106 valence electrons. The maximum atomic E-state index is 5.47. The Morgan fingerprint density at radius 1 is 0.810 bits per heavy atom. The minimum atomic E-state index is 0.886. The number of para-hydroxylation sites is 1. The van der Waals surface area contributed by atoms with Crippen LogP contribution >= 0.6 is 0 Å². The lowest BCUT2D eigenvalue weighted by Gasteiger charge is -2.19. The number of anilines is 1. The van der Waals surface area contributed by atoms with Gasteiger partial charge in [0, 0.05) is 25.3 Å². The third-order valence-corrected chi connectivity index (χ3v) is 3.75. The van der Waals surface area contributed by atoms with E-state index in [2.05, 4.69) is 79.7 Å². The first kappa shape index (κ1) is 13.5. The van der Waals surface area contributed by atoms with Crippen molar-refractivity contribution >= 4 is 16.5 Å². The standard InChI is InChI=1S/C19H19NO/c1-20(2)19-11-7-6-10-17(19)18-13-15(21-3)12-14-8-4-5-9-16(14)18/h4-13H,1-3H3. The van der Waals surface area contributed by atoms with E-state index in [9.17, 15) is 0 Å². The van der Waals surface area contributed by atoms with Crippen LogP contribution in [0.15, 0.2) is 60.7 Å². The summed E-state index contributed by atoms with van der Waals surface area (Å²) < 4.78 is 5.47. The first-order valence-electron chi connectivity index (χ1n) is 7.04. The molecule has 3 aromatic carbocycles. The summed E-state index contributed by atoms with van der Waals surface area (Å²) in [5.41, 5.74) is 3.63. The fourth-order valence-corrected chi connectivity index (χ4v) is 2.72. The van der Waals surface area contributed by atoms with Crippen LogP contribution in [0.4, 0.5) is 5.69 Å². The van der Waals surface area contributed by atoms with E-state index in [0.29, 0.717) is 0 Å². The number of benzene rings is 3. The molecule has 0 saturated carbocycles. The van der Waals surface area contributed by atoms with Gasteiger partial charge in [0.25, 0.3) is 0 Å². The molecule has 3 aromatic rings. The van der Waals surface area contributed by atoms with Crippen molar-refractivity contribution in [2.75, 3.05) is 26.1 Å². The minimum absolute atomic E-state index is 0.886. The van der Waals surface area contributed by atoms with Gasteiger partial charge in [-0.05, 0) is 34.5 Å². The first-order valence-corrected chi connectivity index (χ1v) is 7.04. The Balaban J connectivity index is 2.34. The van der Waals surface area contributed by atoms with E-state index in [0.717, 1.165) is 5.75 Å². The van der Waals surface area contributed by atoms with Crippen molar-refractivity contribution in [3.63, 3.8) is 0 Å². The number of hydrogen-bond donors (Lipinski definition) is 0.